The minimum Gasteiger partial charge on any atom is -0.320 e. The first-order chi connectivity index (χ1) is 7.69. The molecule has 0 fully saturated rings. The third kappa shape index (κ3) is 1.85. The molecule has 0 amide bonds. The molecule has 0 radical (unpaired) electrons. The van der Waals surface area contributed by atoms with E-state index in [1.807, 2.05) is 5.38 Å². The van der Waals surface area contributed by atoms with Gasteiger partial charge in [0.15, 0.2) is 0 Å². The summed E-state index contributed by atoms with van der Waals surface area (Å²) in [6.45, 7) is 4.16. The molecular weight excluding hydrogens is 222 g/mol. The van der Waals surface area contributed by atoms with Crippen LogP contribution in [0.5, 0.6) is 0 Å². The lowest BCUT2D eigenvalue weighted by Gasteiger charge is -2.24. The number of hydrogen-bond acceptors (Lipinski definition) is 5. The van der Waals surface area contributed by atoms with Gasteiger partial charge in [0, 0.05) is 5.38 Å². The van der Waals surface area contributed by atoms with E-state index < -0.39 is 0 Å². The van der Waals surface area contributed by atoms with Gasteiger partial charge in [-0.1, -0.05) is 13.8 Å². The third-order valence-corrected chi connectivity index (χ3v) is 3.78. The number of aromatic nitrogens is 4. The minimum atomic E-state index is -0.321. The van der Waals surface area contributed by atoms with E-state index in [4.69, 9.17) is 5.73 Å². The van der Waals surface area contributed by atoms with Crippen LogP contribution in [0.4, 0.5) is 0 Å². The van der Waals surface area contributed by atoms with E-state index in [9.17, 15) is 0 Å². The second-order valence-corrected chi connectivity index (χ2v) is 4.61. The molecule has 0 bridgehead atoms. The van der Waals surface area contributed by atoms with Gasteiger partial charge in [0.2, 0.25) is 0 Å². The summed E-state index contributed by atoms with van der Waals surface area (Å²) in [5.74, 6) is 0. The number of nitrogens with one attached hydrogen (secondary N) is 1. The predicted octanol–water partition coefficient (Wildman–Crippen LogP) is 1.90. The van der Waals surface area contributed by atoms with E-state index in [0.29, 0.717) is 0 Å². The lowest BCUT2D eigenvalue weighted by atomic mass is 9.91. The van der Waals surface area contributed by atoms with Crippen molar-refractivity contribution in [2.45, 2.75) is 32.2 Å². The lowest BCUT2D eigenvalue weighted by Crippen LogP contribution is -2.35. The summed E-state index contributed by atoms with van der Waals surface area (Å²) in [5.41, 5.74) is 7.68. The first-order valence-electron chi connectivity index (χ1n) is 5.30. The van der Waals surface area contributed by atoms with E-state index >= 15 is 0 Å². The van der Waals surface area contributed by atoms with E-state index in [1.165, 1.54) is 0 Å². The van der Waals surface area contributed by atoms with Crippen molar-refractivity contribution in [3.63, 3.8) is 0 Å². The molecule has 0 saturated heterocycles. The molecule has 5 nitrogen and oxygen atoms in total. The van der Waals surface area contributed by atoms with Crippen LogP contribution in [0, 0.1) is 0 Å². The van der Waals surface area contributed by atoms with Gasteiger partial charge in [-0.05, 0) is 12.8 Å². The fourth-order valence-electron chi connectivity index (χ4n) is 1.54. The molecule has 0 atom stereocenters. The van der Waals surface area contributed by atoms with E-state index in [2.05, 4.69) is 34.2 Å². The maximum atomic E-state index is 6.28. The Hall–Kier alpha value is -1.27. The van der Waals surface area contributed by atoms with Crippen LogP contribution < -0.4 is 5.73 Å². The Morgan fingerprint density at radius 2 is 2.19 bits per heavy atom. The van der Waals surface area contributed by atoms with Crippen molar-refractivity contribution < 1.29 is 0 Å². The highest BCUT2D eigenvalue weighted by Gasteiger charge is 2.26. The molecule has 0 aliphatic heterocycles. The highest BCUT2D eigenvalue weighted by atomic mass is 32.1. The van der Waals surface area contributed by atoms with Crippen molar-refractivity contribution in [1.82, 2.24) is 20.4 Å². The summed E-state index contributed by atoms with van der Waals surface area (Å²) in [7, 11) is 0. The van der Waals surface area contributed by atoms with Crippen LogP contribution in [0.1, 0.15) is 32.4 Å². The van der Waals surface area contributed by atoms with Gasteiger partial charge < -0.3 is 5.73 Å². The van der Waals surface area contributed by atoms with E-state index in [-0.39, 0.29) is 5.54 Å². The maximum Gasteiger partial charge on any atom is 0.145 e. The molecule has 2 rings (SSSR count). The number of H-pyrrole nitrogens is 1. The molecule has 0 aliphatic rings. The topological polar surface area (TPSA) is 80.5 Å². The van der Waals surface area contributed by atoms with Crippen LogP contribution >= 0.6 is 11.3 Å². The fraction of sp³-hybridized carbons (Fsp3) is 0.500. The summed E-state index contributed by atoms with van der Waals surface area (Å²) >= 11 is 1.55. The molecule has 16 heavy (non-hydrogen) atoms. The number of aromatic amines is 1. The molecule has 3 N–H and O–H groups in total. The van der Waals surface area contributed by atoms with Crippen molar-refractivity contribution in [2.24, 2.45) is 5.73 Å². The predicted molar refractivity (Wildman–Crippen MR) is 63.9 cm³/mol. The van der Waals surface area contributed by atoms with Gasteiger partial charge in [0.25, 0.3) is 0 Å². The van der Waals surface area contributed by atoms with Gasteiger partial charge in [-0.2, -0.15) is 15.4 Å². The fourth-order valence-corrected chi connectivity index (χ4v) is 2.42. The molecule has 0 saturated carbocycles. The summed E-state index contributed by atoms with van der Waals surface area (Å²) < 4.78 is 0. The molecule has 0 aromatic carbocycles. The largest absolute Gasteiger partial charge is 0.320 e. The number of hydrogen-bond donors (Lipinski definition) is 2. The van der Waals surface area contributed by atoms with E-state index in [0.717, 1.165) is 29.2 Å². The Balaban J connectivity index is 2.33. The third-order valence-electron chi connectivity index (χ3n) is 2.91. The van der Waals surface area contributed by atoms with Crippen molar-refractivity contribution in [3.05, 3.63) is 17.3 Å². The summed E-state index contributed by atoms with van der Waals surface area (Å²) in [5, 5.41) is 13.2. The lowest BCUT2D eigenvalue weighted by molar-refractivity contribution is 0.403. The standard InChI is InChI=1S/C10H15N5S/c1-3-10(11,4-2)8-6-16-9(13-8)7-5-12-15-14-7/h5-6H,3-4,11H2,1-2H3,(H,12,14,15). The first-order valence-corrected chi connectivity index (χ1v) is 6.18. The molecule has 0 spiro atoms. The molecular formula is C10H15N5S. The first kappa shape index (κ1) is 11.2. The molecule has 86 valence electrons. The summed E-state index contributed by atoms with van der Waals surface area (Å²) in [6.07, 6.45) is 3.43. The number of thiazole rings is 1. The van der Waals surface area contributed by atoms with Crippen molar-refractivity contribution in [2.75, 3.05) is 0 Å². The second kappa shape index (κ2) is 4.31. The van der Waals surface area contributed by atoms with Crippen molar-refractivity contribution >= 4 is 11.3 Å². The molecule has 6 heteroatoms. The molecule has 2 heterocycles. The van der Waals surface area contributed by atoms with Crippen LogP contribution in [-0.2, 0) is 5.54 Å². The van der Waals surface area contributed by atoms with Gasteiger partial charge in [0.05, 0.1) is 17.4 Å². The van der Waals surface area contributed by atoms with Crippen LogP contribution in [0.2, 0.25) is 0 Å². The second-order valence-electron chi connectivity index (χ2n) is 3.76. The zero-order valence-corrected chi connectivity index (χ0v) is 10.2. The van der Waals surface area contributed by atoms with E-state index in [1.54, 1.807) is 17.5 Å². The Labute approximate surface area is 98.1 Å². The average Bonchev–Trinajstić information content (AvgIpc) is 2.97. The maximum absolute atomic E-state index is 6.28. The van der Waals surface area contributed by atoms with Crippen molar-refractivity contribution in [1.29, 1.82) is 0 Å². The normalized spacial score (nSPS) is 11.9. The Bertz CT molecular complexity index is 443. The van der Waals surface area contributed by atoms with Crippen LogP contribution in [0.25, 0.3) is 10.7 Å². The van der Waals surface area contributed by atoms with Gasteiger partial charge in [-0.15, -0.1) is 11.3 Å². The van der Waals surface area contributed by atoms with Crippen LogP contribution in [-0.4, -0.2) is 20.4 Å². The smallest absolute Gasteiger partial charge is 0.145 e. The Morgan fingerprint density at radius 3 is 2.75 bits per heavy atom. The minimum absolute atomic E-state index is 0.321. The Kier molecular flexibility index (Phi) is 3.02. The quantitative estimate of drug-likeness (QED) is 0.851. The van der Waals surface area contributed by atoms with Gasteiger partial charge in [0.1, 0.15) is 10.7 Å². The zero-order valence-electron chi connectivity index (χ0n) is 9.40. The van der Waals surface area contributed by atoms with Gasteiger partial charge >= 0.3 is 0 Å². The molecule has 2 aromatic rings. The molecule has 0 unspecified atom stereocenters. The van der Waals surface area contributed by atoms with Gasteiger partial charge in [-0.25, -0.2) is 4.98 Å². The Morgan fingerprint density at radius 1 is 1.44 bits per heavy atom. The number of rotatable bonds is 4. The average molecular weight is 237 g/mol. The number of nitrogens with zero attached hydrogens (tertiary/aromatic N) is 3. The summed E-state index contributed by atoms with van der Waals surface area (Å²) in [4.78, 5) is 4.54. The van der Waals surface area contributed by atoms with Crippen LogP contribution in [0.3, 0.4) is 0 Å². The summed E-state index contributed by atoms with van der Waals surface area (Å²) in [6, 6.07) is 0. The highest BCUT2D eigenvalue weighted by molar-refractivity contribution is 7.13. The molecule has 0 aliphatic carbocycles. The van der Waals surface area contributed by atoms with Crippen molar-refractivity contribution in [3.8, 4) is 10.7 Å². The zero-order chi connectivity index (χ0) is 11.6. The van der Waals surface area contributed by atoms with Crippen LogP contribution in [0.15, 0.2) is 11.6 Å². The monoisotopic (exact) mass is 237 g/mol. The number of nitrogens with two attached hydrogens (primary N) is 1. The highest BCUT2D eigenvalue weighted by Crippen LogP contribution is 2.30. The van der Waals surface area contributed by atoms with Gasteiger partial charge in [-0.3, -0.25) is 0 Å². The SMILES string of the molecule is CCC(N)(CC)c1csc(-c2cn[nH]n2)n1. The molecule has 2 aromatic heterocycles.